The molecule has 0 bridgehead atoms. The Hall–Kier alpha value is -1.24. The summed E-state index contributed by atoms with van der Waals surface area (Å²) in [6, 6.07) is 3.32. The number of carbonyl (C=O) groups excluding carboxylic acids is 1. The smallest absolute Gasteiger partial charge is 0.375 e. The highest BCUT2D eigenvalue weighted by atomic mass is 79.9. The van der Waals surface area contributed by atoms with Gasteiger partial charge >= 0.3 is 6.18 Å². The van der Waals surface area contributed by atoms with Gasteiger partial charge in [-0.15, -0.1) is 0 Å². The molecule has 3 nitrogen and oxygen atoms in total. The standard InChI is InChI=1S/C13H14BrF3N2O/c14-10-4-3-9(13(15,16)17)7-11(10)18-8-12(20)19-5-1-2-6-19/h3-4,7,18H,1-2,5-6,8H2. The molecule has 0 atom stereocenters. The van der Waals surface area contributed by atoms with E-state index in [0.717, 1.165) is 38.1 Å². The molecule has 1 amide bonds. The average Bonchev–Trinajstić information content (AvgIpc) is 2.90. The summed E-state index contributed by atoms with van der Waals surface area (Å²) in [5, 5.41) is 2.76. The Morgan fingerprint density at radius 2 is 1.95 bits per heavy atom. The molecule has 1 aliphatic heterocycles. The number of nitrogens with zero attached hydrogens (tertiary/aromatic N) is 1. The van der Waals surface area contributed by atoms with Crippen LogP contribution in [-0.4, -0.2) is 30.4 Å². The lowest BCUT2D eigenvalue weighted by Gasteiger charge is -2.17. The van der Waals surface area contributed by atoms with E-state index in [1.54, 1.807) is 4.90 Å². The summed E-state index contributed by atoms with van der Waals surface area (Å²) in [7, 11) is 0. The Bertz CT molecular complexity index is 499. The van der Waals surface area contributed by atoms with E-state index in [0.29, 0.717) is 4.47 Å². The fourth-order valence-corrected chi connectivity index (χ4v) is 2.47. The number of alkyl halides is 3. The summed E-state index contributed by atoms with van der Waals surface area (Å²) >= 11 is 3.18. The molecule has 1 aromatic rings. The van der Waals surface area contributed by atoms with E-state index in [1.807, 2.05) is 0 Å². The van der Waals surface area contributed by atoms with Crippen LogP contribution in [0.3, 0.4) is 0 Å². The van der Waals surface area contributed by atoms with Gasteiger partial charge < -0.3 is 10.2 Å². The molecule has 2 rings (SSSR count). The van der Waals surface area contributed by atoms with Gasteiger partial charge in [0, 0.05) is 23.2 Å². The molecule has 0 aliphatic carbocycles. The largest absolute Gasteiger partial charge is 0.416 e. The van der Waals surface area contributed by atoms with E-state index in [1.165, 1.54) is 6.07 Å². The molecule has 1 heterocycles. The number of rotatable bonds is 3. The monoisotopic (exact) mass is 350 g/mol. The van der Waals surface area contributed by atoms with Crippen molar-refractivity contribution in [1.29, 1.82) is 0 Å². The number of likely N-dealkylation sites (tertiary alicyclic amines) is 1. The second-order valence-electron chi connectivity index (χ2n) is 4.63. The first-order valence-corrected chi connectivity index (χ1v) is 7.05. The Balaban J connectivity index is 2.03. The number of benzene rings is 1. The fraction of sp³-hybridized carbons (Fsp3) is 0.462. The SMILES string of the molecule is O=C(CNc1cc(C(F)(F)F)ccc1Br)N1CCCC1. The van der Waals surface area contributed by atoms with Crippen LogP contribution in [-0.2, 0) is 11.0 Å². The molecule has 0 spiro atoms. The van der Waals surface area contributed by atoms with Crippen LogP contribution in [0.5, 0.6) is 0 Å². The summed E-state index contributed by atoms with van der Waals surface area (Å²) < 4.78 is 38.4. The molecule has 1 aromatic carbocycles. The van der Waals surface area contributed by atoms with Gasteiger partial charge in [-0.1, -0.05) is 0 Å². The Morgan fingerprint density at radius 3 is 2.55 bits per heavy atom. The molecular weight excluding hydrogens is 337 g/mol. The minimum Gasteiger partial charge on any atom is -0.375 e. The lowest BCUT2D eigenvalue weighted by molar-refractivity contribution is -0.137. The van der Waals surface area contributed by atoms with Gasteiger partial charge in [0.05, 0.1) is 12.1 Å². The number of nitrogens with one attached hydrogen (secondary N) is 1. The third-order valence-electron chi connectivity index (χ3n) is 3.18. The third-order valence-corrected chi connectivity index (χ3v) is 3.87. The molecule has 1 fully saturated rings. The Labute approximate surface area is 123 Å². The summed E-state index contributed by atoms with van der Waals surface area (Å²) in [4.78, 5) is 13.6. The molecule has 7 heteroatoms. The van der Waals surface area contributed by atoms with Crippen molar-refractivity contribution < 1.29 is 18.0 Å². The zero-order valence-corrected chi connectivity index (χ0v) is 12.2. The first kappa shape index (κ1) is 15.2. The zero-order chi connectivity index (χ0) is 14.8. The maximum absolute atomic E-state index is 12.6. The molecule has 1 saturated heterocycles. The van der Waals surface area contributed by atoms with Crippen LogP contribution >= 0.6 is 15.9 Å². The van der Waals surface area contributed by atoms with Crippen LogP contribution in [0, 0.1) is 0 Å². The molecule has 0 unspecified atom stereocenters. The maximum atomic E-state index is 12.6. The molecule has 20 heavy (non-hydrogen) atoms. The zero-order valence-electron chi connectivity index (χ0n) is 10.6. The van der Waals surface area contributed by atoms with Crippen molar-refractivity contribution in [3.8, 4) is 0 Å². The second-order valence-corrected chi connectivity index (χ2v) is 5.49. The number of carbonyl (C=O) groups is 1. The van der Waals surface area contributed by atoms with Gasteiger partial charge in [0.15, 0.2) is 0 Å². The number of amides is 1. The number of halogens is 4. The average molecular weight is 351 g/mol. The van der Waals surface area contributed by atoms with Crippen molar-refractivity contribution in [2.45, 2.75) is 19.0 Å². The van der Waals surface area contributed by atoms with Gasteiger partial charge in [-0.05, 0) is 47.0 Å². The predicted octanol–water partition coefficient (Wildman–Crippen LogP) is 3.50. The van der Waals surface area contributed by atoms with E-state index in [-0.39, 0.29) is 18.1 Å². The van der Waals surface area contributed by atoms with Gasteiger partial charge in [-0.2, -0.15) is 13.2 Å². The van der Waals surface area contributed by atoms with Gasteiger partial charge in [-0.3, -0.25) is 4.79 Å². The molecule has 0 aromatic heterocycles. The van der Waals surface area contributed by atoms with Gasteiger partial charge in [0.1, 0.15) is 0 Å². The van der Waals surface area contributed by atoms with Crippen LogP contribution < -0.4 is 5.32 Å². The lowest BCUT2D eigenvalue weighted by Crippen LogP contribution is -2.33. The molecule has 110 valence electrons. The van der Waals surface area contributed by atoms with Crippen LogP contribution in [0.2, 0.25) is 0 Å². The first-order chi connectivity index (χ1) is 9.38. The number of hydrogen-bond donors (Lipinski definition) is 1. The van der Waals surface area contributed by atoms with Gasteiger partial charge in [-0.25, -0.2) is 0 Å². The van der Waals surface area contributed by atoms with E-state index in [9.17, 15) is 18.0 Å². The van der Waals surface area contributed by atoms with E-state index in [2.05, 4.69) is 21.2 Å². The highest BCUT2D eigenvalue weighted by Crippen LogP contribution is 2.33. The molecule has 1 aliphatic rings. The molecular formula is C13H14BrF3N2O. The minimum absolute atomic E-state index is 0.0000888. The van der Waals surface area contributed by atoms with Crippen molar-refractivity contribution in [2.24, 2.45) is 0 Å². The van der Waals surface area contributed by atoms with E-state index in [4.69, 9.17) is 0 Å². The second kappa shape index (κ2) is 6.03. The summed E-state index contributed by atoms with van der Waals surface area (Å²) in [5.41, 5.74) is -0.468. The van der Waals surface area contributed by atoms with Crippen LogP contribution in [0.4, 0.5) is 18.9 Å². The quantitative estimate of drug-likeness (QED) is 0.904. The van der Waals surface area contributed by atoms with Crippen molar-refractivity contribution in [1.82, 2.24) is 4.90 Å². The number of hydrogen-bond acceptors (Lipinski definition) is 2. The topological polar surface area (TPSA) is 32.3 Å². The highest BCUT2D eigenvalue weighted by molar-refractivity contribution is 9.10. The summed E-state index contributed by atoms with van der Waals surface area (Å²) in [5.74, 6) is -0.0909. The van der Waals surface area contributed by atoms with Crippen molar-refractivity contribution in [3.63, 3.8) is 0 Å². The van der Waals surface area contributed by atoms with Crippen LogP contribution in [0.1, 0.15) is 18.4 Å². The molecule has 0 saturated carbocycles. The van der Waals surface area contributed by atoms with E-state index >= 15 is 0 Å². The summed E-state index contributed by atoms with van der Waals surface area (Å²) in [6.45, 7) is 1.45. The Kier molecular flexibility index (Phi) is 4.57. The molecule has 0 radical (unpaired) electrons. The molecule has 1 N–H and O–H groups in total. The predicted molar refractivity (Wildman–Crippen MR) is 73.4 cm³/mol. The normalized spacial score (nSPS) is 15.5. The highest BCUT2D eigenvalue weighted by Gasteiger charge is 2.31. The van der Waals surface area contributed by atoms with Crippen molar-refractivity contribution >= 4 is 27.5 Å². The van der Waals surface area contributed by atoms with Crippen LogP contribution in [0.25, 0.3) is 0 Å². The fourth-order valence-electron chi connectivity index (χ4n) is 2.09. The van der Waals surface area contributed by atoms with Crippen molar-refractivity contribution in [2.75, 3.05) is 25.0 Å². The maximum Gasteiger partial charge on any atom is 0.416 e. The summed E-state index contributed by atoms with van der Waals surface area (Å²) in [6.07, 6.45) is -2.42. The van der Waals surface area contributed by atoms with Gasteiger partial charge in [0.2, 0.25) is 5.91 Å². The van der Waals surface area contributed by atoms with Gasteiger partial charge in [0.25, 0.3) is 0 Å². The first-order valence-electron chi connectivity index (χ1n) is 6.26. The van der Waals surface area contributed by atoms with Crippen LogP contribution in [0.15, 0.2) is 22.7 Å². The third kappa shape index (κ3) is 3.65. The Morgan fingerprint density at radius 1 is 1.30 bits per heavy atom. The lowest BCUT2D eigenvalue weighted by atomic mass is 10.2. The number of anilines is 1. The van der Waals surface area contributed by atoms with Crippen molar-refractivity contribution in [3.05, 3.63) is 28.2 Å². The van der Waals surface area contributed by atoms with E-state index < -0.39 is 11.7 Å². The minimum atomic E-state index is -4.39.